The molecule has 3 rings (SSSR count). The lowest BCUT2D eigenvalue weighted by molar-refractivity contribution is -0.135. The van der Waals surface area contributed by atoms with Crippen molar-refractivity contribution in [1.82, 2.24) is 15.5 Å². The van der Waals surface area contributed by atoms with Gasteiger partial charge in [-0.3, -0.25) is 14.5 Å². The molecule has 0 unspecified atom stereocenters. The number of imide groups is 1. The summed E-state index contributed by atoms with van der Waals surface area (Å²) in [5.74, 6) is -1.11. The van der Waals surface area contributed by atoms with E-state index < -0.39 is 35.5 Å². The lowest BCUT2D eigenvalue weighted by Gasteiger charge is -2.32. The van der Waals surface area contributed by atoms with E-state index in [1.165, 1.54) is 6.07 Å². The third kappa shape index (κ3) is 3.41. The van der Waals surface area contributed by atoms with Gasteiger partial charge in [-0.15, -0.1) is 0 Å². The molecule has 144 valence electrons. The fourth-order valence-corrected chi connectivity index (χ4v) is 3.81. The molecule has 1 atom stereocenters. The predicted octanol–water partition coefficient (Wildman–Crippen LogP) is 1.67. The fourth-order valence-electron chi connectivity index (χ4n) is 3.81. The number of urea groups is 1. The topological polar surface area (TPSA) is 126 Å². The fraction of sp³-hybridized carbons (Fsp3) is 0.450. The molecule has 0 radical (unpaired) electrons. The number of hydrogen-bond donors (Lipinski definition) is 2. The number of nitrogens with one attached hydrogen (secondary N) is 2. The molecule has 8 nitrogen and oxygen atoms in total. The van der Waals surface area contributed by atoms with E-state index in [1.807, 2.05) is 6.07 Å². The Kier molecular flexibility index (Phi) is 5.06. The number of nitrogens with zero attached hydrogens (tertiary/aromatic N) is 3. The van der Waals surface area contributed by atoms with Crippen LogP contribution in [0.2, 0.25) is 0 Å². The molecule has 1 aromatic rings. The van der Waals surface area contributed by atoms with E-state index in [0.717, 1.165) is 24.2 Å². The van der Waals surface area contributed by atoms with Gasteiger partial charge in [0.2, 0.25) is 5.91 Å². The minimum atomic E-state index is -1.36. The smallest absolute Gasteiger partial charge is 0.325 e. The van der Waals surface area contributed by atoms with Crippen molar-refractivity contribution in [2.45, 2.75) is 50.1 Å². The van der Waals surface area contributed by atoms with Crippen LogP contribution < -0.4 is 10.6 Å². The summed E-state index contributed by atoms with van der Waals surface area (Å²) in [5.41, 5.74) is -1.46. The van der Waals surface area contributed by atoms with Gasteiger partial charge in [0.1, 0.15) is 17.6 Å². The summed E-state index contributed by atoms with van der Waals surface area (Å²) in [4.78, 5) is 38.7. The van der Waals surface area contributed by atoms with Gasteiger partial charge in [0.25, 0.3) is 5.91 Å². The zero-order chi connectivity index (χ0) is 20.4. The SMILES string of the molecule is C[C@@]1(c2cccc(C#N)c2)NC(=O)N(CC(=O)NC2(C#N)CCCCC2)C1=O. The summed E-state index contributed by atoms with van der Waals surface area (Å²) in [7, 11) is 0. The van der Waals surface area contributed by atoms with Crippen molar-refractivity contribution in [2.24, 2.45) is 0 Å². The van der Waals surface area contributed by atoms with E-state index in [1.54, 1.807) is 25.1 Å². The summed E-state index contributed by atoms with van der Waals surface area (Å²) in [6, 6.07) is 9.92. The molecule has 1 saturated carbocycles. The zero-order valence-electron chi connectivity index (χ0n) is 15.6. The molecule has 0 aromatic heterocycles. The van der Waals surface area contributed by atoms with Crippen LogP contribution >= 0.6 is 0 Å². The number of hydrogen-bond acceptors (Lipinski definition) is 5. The molecule has 2 aliphatic rings. The van der Waals surface area contributed by atoms with Gasteiger partial charge in [-0.1, -0.05) is 31.4 Å². The summed E-state index contributed by atoms with van der Waals surface area (Å²) < 4.78 is 0. The Balaban J connectivity index is 1.76. The van der Waals surface area contributed by atoms with E-state index in [4.69, 9.17) is 5.26 Å². The van der Waals surface area contributed by atoms with Crippen molar-refractivity contribution in [3.8, 4) is 12.1 Å². The number of carbonyl (C=O) groups is 3. The van der Waals surface area contributed by atoms with Gasteiger partial charge in [0.15, 0.2) is 0 Å². The van der Waals surface area contributed by atoms with E-state index in [0.29, 0.717) is 24.0 Å². The molecule has 1 aliphatic carbocycles. The maximum absolute atomic E-state index is 12.9. The van der Waals surface area contributed by atoms with Gasteiger partial charge in [-0.25, -0.2) is 4.79 Å². The zero-order valence-corrected chi connectivity index (χ0v) is 15.6. The monoisotopic (exact) mass is 379 g/mol. The number of benzene rings is 1. The first kappa shape index (κ1) is 19.4. The van der Waals surface area contributed by atoms with Crippen LogP contribution in [0.4, 0.5) is 4.79 Å². The summed E-state index contributed by atoms with van der Waals surface area (Å²) >= 11 is 0. The third-order valence-corrected chi connectivity index (χ3v) is 5.45. The Labute approximate surface area is 163 Å². The second kappa shape index (κ2) is 7.32. The molecule has 2 N–H and O–H groups in total. The van der Waals surface area contributed by atoms with Gasteiger partial charge < -0.3 is 10.6 Å². The first-order chi connectivity index (χ1) is 13.3. The molecular formula is C20H21N5O3. The summed E-state index contributed by atoms with van der Waals surface area (Å²) in [6.45, 7) is 1.08. The number of rotatable bonds is 4. The second-order valence-corrected chi connectivity index (χ2v) is 7.44. The van der Waals surface area contributed by atoms with Crippen LogP contribution in [0.1, 0.15) is 50.2 Å². The number of nitriles is 2. The Morgan fingerprint density at radius 2 is 1.96 bits per heavy atom. The van der Waals surface area contributed by atoms with Crippen molar-refractivity contribution in [3.05, 3.63) is 35.4 Å². The van der Waals surface area contributed by atoms with Crippen LogP contribution in [0.5, 0.6) is 0 Å². The molecule has 4 amide bonds. The highest BCUT2D eigenvalue weighted by atomic mass is 16.2. The molecule has 28 heavy (non-hydrogen) atoms. The molecule has 1 saturated heterocycles. The van der Waals surface area contributed by atoms with Gasteiger partial charge in [0, 0.05) is 0 Å². The van der Waals surface area contributed by atoms with Crippen LogP contribution in [0.25, 0.3) is 0 Å². The first-order valence-corrected chi connectivity index (χ1v) is 9.21. The lowest BCUT2D eigenvalue weighted by atomic mass is 9.83. The molecule has 2 fully saturated rings. The Hall–Kier alpha value is -3.39. The van der Waals surface area contributed by atoms with Crippen LogP contribution in [-0.2, 0) is 15.1 Å². The van der Waals surface area contributed by atoms with Crippen LogP contribution in [-0.4, -0.2) is 34.8 Å². The van der Waals surface area contributed by atoms with Crippen molar-refractivity contribution in [2.75, 3.05) is 6.54 Å². The third-order valence-electron chi connectivity index (χ3n) is 5.45. The van der Waals surface area contributed by atoms with E-state index in [2.05, 4.69) is 16.7 Å². The quantitative estimate of drug-likeness (QED) is 0.770. The Morgan fingerprint density at radius 3 is 2.61 bits per heavy atom. The standard InChI is InChI=1S/C20H21N5O3/c1-19(15-7-5-6-14(10-15)11-21)17(27)25(18(28)24-19)12-16(26)23-20(13-22)8-3-2-4-9-20/h5-7,10H,2-4,8-9,12H2,1H3,(H,23,26)(H,24,28)/t19-/m0/s1. The van der Waals surface area contributed by atoms with Crippen molar-refractivity contribution < 1.29 is 14.4 Å². The van der Waals surface area contributed by atoms with Crippen LogP contribution in [0.3, 0.4) is 0 Å². The predicted molar refractivity (Wildman–Crippen MR) is 98.3 cm³/mol. The average molecular weight is 379 g/mol. The minimum absolute atomic E-state index is 0.366. The first-order valence-electron chi connectivity index (χ1n) is 9.21. The molecule has 0 spiro atoms. The maximum atomic E-state index is 12.9. The molecular weight excluding hydrogens is 358 g/mol. The van der Waals surface area contributed by atoms with Crippen LogP contribution in [0, 0.1) is 22.7 Å². The van der Waals surface area contributed by atoms with E-state index in [9.17, 15) is 19.6 Å². The van der Waals surface area contributed by atoms with Gasteiger partial charge in [0.05, 0.1) is 17.7 Å². The minimum Gasteiger partial charge on any atom is -0.336 e. The lowest BCUT2D eigenvalue weighted by Crippen LogP contribution is -2.52. The molecule has 1 heterocycles. The largest absolute Gasteiger partial charge is 0.336 e. The maximum Gasteiger partial charge on any atom is 0.325 e. The number of carbonyl (C=O) groups excluding carboxylic acids is 3. The highest BCUT2D eigenvalue weighted by Gasteiger charge is 2.50. The average Bonchev–Trinajstić information content (AvgIpc) is 2.92. The molecule has 1 aromatic carbocycles. The second-order valence-electron chi connectivity index (χ2n) is 7.44. The van der Waals surface area contributed by atoms with Gasteiger partial charge in [-0.2, -0.15) is 10.5 Å². The highest BCUT2D eigenvalue weighted by molar-refractivity contribution is 6.09. The van der Waals surface area contributed by atoms with Gasteiger partial charge in [-0.05, 0) is 37.5 Å². The Bertz CT molecular complexity index is 907. The Morgan fingerprint density at radius 1 is 1.25 bits per heavy atom. The molecule has 1 aliphatic heterocycles. The van der Waals surface area contributed by atoms with E-state index in [-0.39, 0.29) is 0 Å². The van der Waals surface area contributed by atoms with Crippen molar-refractivity contribution >= 4 is 17.8 Å². The normalized spacial score (nSPS) is 23.5. The van der Waals surface area contributed by atoms with Crippen molar-refractivity contribution in [3.63, 3.8) is 0 Å². The van der Waals surface area contributed by atoms with Gasteiger partial charge >= 0.3 is 6.03 Å². The number of amides is 4. The van der Waals surface area contributed by atoms with Crippen molar-refractivity contribution in [1.29, 1.82) is 10.5 Å². The summed E-state index contributed by atoms with van der Waals surface area (Å²) in [6.07, 6.45) is 3.85. The molecule has 0 bridgehead atoms. The van der Waals surface area contributed by atoms with Crippen LogP contribution in [0.15, 0.2) is 24.3 Å². The van der Waals surface area contributed by atoms with E-state index >= 15 is 0 Å². The highest BCUT2D eigenvalue weighted by Crippen LogP contribution is 2.30. The molecule has 8 heteroatoms. The summed E-state index contributed by atoms with van der Waals surface area (Å²) in [5, 5.41) is 23.9.